The maximum Gasteiger partial charge on any atom is 0.263 e. The van der Waals surface area contributed by atoms with Gasteiger partial charge < -0.3 is 11.1 Å². The number of hydrogen-bond donors (Lipinski definition) is 2. The molecule has 5 nitrogen and oxygen atoms in total. The maximum absolute atomic E-state index is 12.9. The summed E-state index contributed by atoms with van der Waals surface area (Å²) in [7, 11) is 0. The number of carbonyl (C=O) groups excluding carboxylic acids is 1. The molecule has 28 heavy (non-hydrogen) atoms. The molecule has 1 fully saturated rings. The molecule has 0 atom stereocenters. The lowest BCUT2D eigenvalue weighted by Gasteiger charge is -2.32. The third-order valence-electron chi connectivity index (χ3n) is 5.40. The van der Waals surface area contributed by atoms with E-state index in [2.05, 4.69) is 39.5 Å². The fourth-order valence-corrected chi connectivity index (χ4v) is 5.09. The van der Waals surface area contributed by atoms with E-state index in [1.807, 2.05) is 26.0 Å². The number of piperidine rings is 1. The van der Waals surface area contributed by atoms with Crippen molar-refractivity contribution >= 4 is 33.1 Å². The number of thiophene rings is 1. The number of nitrogen functional groups attached to an aromatic ring is 1. The molecule has 6 heteroatoms. The standard InChI is InChI=1S/C22H26N4OS/c1-14-12-15(2)24-22-18(14)19(23)20(28-22)21(27)25-17-8-10-26(11-9-17)13-16-6-4-3-5-7-16/h3-7,12,17H,8-11,13,23H2,1-2H3,(H,25,27). The Hall–Kier alpha value is -2.44. The van der Waals surface area contributed by atoms with Crippen LogP contribution in [0.1, 0.15) is 39.3 Å². The van der Waals surface area contributed by atoms with Crippen LogP contribution in [0.4, 0.5) is 5.69 Å². The van der Waals surface area contributed by atoms with Crippen molar-refractivity contribution in [2.24, 2.45) is 0 Å². The van der Waals surface area contributed by atoms with Crippen LogP contribution in [0.25, 0.3) is 10.2 Å². The van der Waals surface area contributed by atoms with Crippen LogP contribution in [0.15, 0.2) is 36.4 Å². The molecule has 0 aliphatic carbocycles. The van der Waals surface area contributed by atoms with Gasteiger partial charge in [0, 0.05) is 36.8 Å². The fraction of sp³-hybridized carbons (Fsp3) is 0.364. The van der Waals surface area contributed by atoms with E-state index in [1.54, 1.807) is 0 Å². The number of aromatic nitrogens is 1. The van der Waals surface area contributed by atoms with Crippen molar-refractivity contribution in [3.63, 3.8) is 0 Å². The van der Waals surface area contributed by atoms with Crippen molar-refractivity contribution in [2.75, 3.05) is 18.8 Å². The van der Waals surface area contributed by atoms with Crippen molar-refractivity contribution in [2.45, 2.75) is 39.3 Å². The molecule has 4 rings (SSSR count). The maximum atomic E-state index is 12.9. The fourth-order valence-electron chi connectivity index (χ4n) is 3.97. The topological polar surface area (TPSA) is 71.2 Å². The minimum Gasteiger partial charge on any atom is -0.397 e. The molecular weight excluding hydrogens is 368 g/mol. The van der Waals surface area contributed by atoms with Crippen molar-refractivity contribution in [3.05, 3.63) is 58.1 Å². The molecule has 3 N–H and O–H groups in total. The molecule has 1 aliphatic heterocycles. The summed E-state index contributed by atoms with van der Waals surface area (Å²) in [6, 6.07) is 12.7. The van der Waals surface area contributed by atoms with Gasteiger partial charge in [-0.15, -0.1) is 11.3 Å². The number of nitrogens with two attached hydrogens (primary N) is 1. The molecule has 0 unspecified atom stereocenters. The summed E-state index contributed by atoms with van der Waals surface area (Å²) in [5, 5.41) is 4.11. The molecule has 1 aliphatic rings. The number of nitrogens with zero attached hydrogens (tertiary/aromatic N) is 2. The molecule has 0 radical (unpaired) electrons. The zero-order valence-electron chi connectivity index (χ0n) is 16.4. The second kappa shape index (κ2) is 7.89. The molecule has 0 saturated carbocycles. The van der Waals surface area contributed by atoms with Crippen molar-refractivity contribution in [1.29, 1.82) is 0 Å². The van der Waals surface area contributed by atoms with Gasteiger partial charge >= 0.3 is 0 Å². The van der Waals surface area contributed by atoms with Crippen molar-refractivity contribution < 1.29 is 4.79 Å². The molecule has 1 amide bonds. The van der Waals surface area contributed by atoms with Crippen LogP contribution in [0, 0.1) is 13.8 Å². The molecule has 1 aromatic carbocycles. The van der Waals surface area contributed by atoms with Crippen LogP contribution in [0.2, 0.25) is 0 Å². The van der Waals surface area contributed by atoms with Crippen molar-refractivity contribution in [3.8, 4) is 0 Å². The summed E-state index contributed by atoms with van der Waals surface area (Å²) in [4.78, 5) is 21.3. The summed E-state index contributed by atoms with van der Waals surface area (Å²) in [6.45, 7) is 6.92. The number of anilines is 1. The number of rotatable bonds is 4. The van der Waals surface area contributed by atoms with Gasteiger partial charge in [-0.1, -0.05) is 30.3 Å². The predicted molar refractivity (Wildman–Crippen MR) is 116 cm³/mol. The molecule has 2 aromatic heterocycles. The number of nitrogens with one attached hydrogen (secondary N) is 1. The van der Waals surface area contributed by atoms with Crippen LogP contribution in [-0.4, -0.2) is 34.9 Å². The molecule has 1 saturated heterocycles. The van der Waals surface area contributed by atoms with Gasteiger partial charge in [-0.2, -0.15) is 0 Å². The van der Waals surface area contributed by atoms with Gasteiger partial charge in [-0.3, -0.25) is 9.69 Å². The minimum absolute atomic E-state index is 0.0703. The number of amides is 1. The summed E-state index contributed by atoms with van der Waals surface area (Å²) in [5.74, 6) is -0.0703. The highest BCUT2D eigenvalue weighted by Crippen LogP contribution is 2.35. The summed E-state index contributed by atoms with van der Waals surface area (Å²) < 4.78 is 0. The molecule has 3 heterocycles. The van der Waals surface area contributed by atoms with E-state index in [0.29, 0.717) is 10.6 Å². The largest absolute Gasteiger partial charge is 0.397 e. The monoisotopic (exact) mass is 394 g/mol. The number of likely N-dealkylation sites (tertiary alicyclic amines) is 1. The molecular formula is C22H26N4OS. The average Bonchev–Trinajstić information content (AvgIpc) is 3.01. The first kappa shape index (κ1) is 18.9. The number of pyridine rings is 1. The highest BCUT2D eigenvalue weighted by molar-refractivity contribution is 7.21. The molecule has 0 bridgehead atoms. The van der Waals surface area contributed by atoms with Crippen molar-refractivity contribution in [1.82, 2.24) is 15.2 Å². The lowest BCUT2D eigenvalue weighted by Crippen LogP contribution is -2.44. The quantitative estimate of drug-likeness (QED) is 0.704. The van der Waals surface area contributed by atoms with Gasteiger partial charge in [-0.25, -0.2) is 4.98 Å². The first-order chi connectivity index (χ1) is 13.5. The summed E-state index contributed by atoms with van der Waals surface area (Å²) in [6.07, 6.45) is 1.92. The lowest BCUT2D eigenvalue weighted by molar-refractivity contribution is 0.0914. The van der Waals surface area contributed by atoms with Crippen LogP contribution < -0.4 is 11.1 Å². The number of aryl methyl sites for hydroxylation is 2. The van der Waals surface area contributed by atoms with Crippen LogP contribution in [0.3, 0.4) is 0 Å². The highest BCUT2D eigenvalue weighted by Gasteiger charge is 2.24. The Morgan fingerprint density at radius 1 is 1.25 bits per heavy atom. The summed E-state index contributed by atoms with van der Waals surface area (Å²) >= 11 is 1.39. The minimum atomic E-state index is -0.0703. The van der Waals surface area contributed by atoms with Gasteiger partial charge in [0.15, 0.2) is 0 Å². The Balaban J connectivity index is 1.39. The first-order valence-electron chi connectivity index (χ1n) is 9.74. The summed E-state index contributed by atoms with van der Waals surface area (Å²) in [5.41, 5.74) is 10.2. The van der Waals surface area contributed by atoms with E-state index in [4.69, 9.17) is 5.73 Å². The SMILES string of the molecule is Cc1cc(C)c2c(N)c(C(=O)NC3CCN(Cc4ccccc4)CC3)sc2n1. The second-order valence-corrected chi connectivity index (χ2v) is 8.61. The Kier molecular flexibility index (Phi) is 5.33. The van der Waals surface area contributed by atoms with Gasteiger partial charge in [-0.05, 0) is 43.9 Å². The Morgan fingerprint density at radius 2 is 1.96 bits per heavy atom. The zero-order valence-corrected chi connectivity index (χ0v) is 17.2. The van der Waals surface area contributed by atoms with E-state index in [1.165, 1.54) is 16.9 Å². The number of fused-ring (bicyclic) bond motifs is 1. The van der Waals surface area contributed by atoms with E-state index in [9.17, 15) is 4.79 Å². The van der Waals surface area contributed by atoms with Crippen LogP contribution >= 0.6 is 11.3 Å². The van der Waals surface area contributed by atoms with Crippen LogP contribution in [-0.2, 0) is 6.54 Å². The average molecular weight is 395 g/mol. The van der Waals surface area contributed by atoms with Gasteiger partial charge in [0.1, 0.15) is 9.71 Å². The molecule has 0 spiro atoms. The number of hydrogen-bond acceptors (Lipinski definition) is 5. The highest BCUT2D eigenvalue weighted by atomic mass is 32.1. The Labute approximate surface area is 169 Å². The van der Waals surface area contributed by atoms with E-state index in [0.717, 1.165) is 53.9 Å². The smallest absolute Gasteiger partial charge is 0.263 e. The van der Waals surface area contributed by atoms with Crippen LogP contribution in [0.5, 0.6) is 0 Å². The van der Waals surface area contributed by atoms with Gasteiger partial charge in [0.25, 0.3) is 5.91 Å². The number of benzene rings is 1. The van der Waals surface area contributed by atoms with Gasteiger partial charge in [0.05, 0.1) is 5.69 Å². The van der Waals surface area contributed by atoms with E-state index >= 15 is 0 Å². The lowest BCUT2D eigenvalue weighted by atomic mass is 10.0. The molecule has 3 aromatic rings. The Morgan fingerprint density at radius 3 is 2.68 bits per heavy atom. The third kappa shape index (κ3) is 3.88. The normalized spacial score (nSPS) is 15.8. The second-order valence-electron chi connectivity index (χ2n) is 7.62. The number of carbonyl (C=O) groups is 1. The Bertz CT molecular complexity index is 991. The van der Waals surface area contributed by atoms with Gasteiger partial charge in [0.2, 0.25) is 0 Å². The third-order valence-corrected chi connectivity index (χ3v) is 6.50. The first-order valence-corrected chi connectivity index (χ1v) is 10.6. The molecule has 146 valence electrons. The van der Waals surface area contributed by atoms with E-state index < -0.39 is 0 Å². The zero-order chi connectivity index (χ0) is 19.7. The van der Waals surface area contributed by atoms with E-state index in [-0.39, 0.29) is 11.9 Å². The predicted octanol–water partition coefficient (Wildman–Crippen LogP) is 3.89.